The average Bonchev–Trinajstić information content (AvgIpc) is 3.21. The molecular weight excluding hydrogens is 406 g/mol. The first-order valence-corrected chi connectivity index (χ1v) is 12.5. The highest BCUT2D eigenvalue weighted by Gasteiger charge is 2.60. The number of nitrogens with zero attached hydrogens (tertiary/aromatic N) is 1. The van der Waals surface area contributed by atoms with E-state index in [-0.39, 0.29) is 35.4 Å². The van der Waals surface area contributed by atoms with E-state index in [4.69, 9.17) is 0 Å². The van der Waals surface area contributed by atoms with Crippen molar-refractivity contribution in [2.45, 2.75) is 44.1 Å². The van der Waals surface area contributed by atoms with E-state index in [1.807, 2.05) is 4.72 Å². The summed E-state index contributed by atoms with van der Waals surface area (Å²) in [6, 6.07) is 4.64. The van der Waals surface area contributed by atoms with E-state index in [0.717, 1.165) is 42.0 Å². The topological polar surface area (TPSA) is 133 Å². The predicted molar refractivity (Wildman–Crippen MR) is 103 cm³/mol. The number of carbonyl (C=O) groups is 1. The standard InChI is InChI=1S/C17H23N3O6S2/c1-27(23,24)18-15-4-2-3-7-17(15)9-12(17)11-5-6-13(14(21)8-11)20-10-16(22)19-28(20,25)26/h5-6,8,12,15,18,21H,2-4,7,9-10H2,1H3,(H,19,22)/t12-,15-,17?/m1/s1. The summed E-state index contributed by atoms with van der Waals surface area (Å²) in [5.74, 6) is -0.772. The van der Waals surface area contributed by atoms with Crippen LogP contribution in [-0.2, 0) is 25.0 Å². The molecule has 2 saturated carbocycles. The molecule has 2 aliphatic carbocycles. The van der Waals surface area contributed by atoms with Crippen LogP contribution in [0.25, 0.3) is 0 Å². The van der Waals surface area contributed by atoms with Crippen LogP contribution in [0, 0.1) is 5.41 Å². The number of phenolic OH excluding ortho intramolecular Hbond substituents is 1. The zero-order valence-electron chi connectivity index (χ0n) is 15.4. The van der Waals surface area contributed by atoms with Gasteiger partial charge in [0, 0.05) is 6.04 Å². The summed E-state index contributed by atoms with van der Waals surface area (Å²) < 4.78 is 53.0. The van der Waals surface area contributed by atoms with Crippen molar-refractivity contribution >= 4 is 31.8 Å². The molecule has 1 aromatic rings. The van der Waals surface area contributed by atoms with Crippen LogP contribution in [0.1, 0.15) is 43.6 Å². The summed E-state index contributed by atoms with van der Waals surface area (Å²) in [5, 5.41) is 10.4. The molecule has 28 heavy (non-hydrogen) atoms. The summed E-state index contributed by atoms with van der Waals surface area (Å²) >= 11 is 0. The third-order valence-corrected chi connectivity index (χ3v) is 8.15. The molecule has 0 aromatic heterocycles. The Labute approximate surface area is 164 Å². The Morgan fingerprint density at radius 2 is 2.07 bits per heavy atom. The summed E-state index contributed by atoms with van der Waals surface area (Å²) in [4.78, 5) is 11.4. The molecule has 1 aromatic carbocycles. The molecule has 1 amide bonds. The normalized spacial score (nSPS) is 31.8. The molecule has 1 saturated heterocycles. The van der Waals surface area contributed by atoms with Crippen LogP contribution in [0.4, 0.5) is 5.69 Å². The molecule has 4 rings (SSSR count). The number of sulfonamides is 1. The van der Waals surface area contributed by atoms with Gasteiger partial charge in [-0.15, -0.1) is 0 Å². The Morgan fingerprint density at radius 1 is 1.32 bits per heavy atom. The number of phenols is 1. The molecule has 1 spiro atoms. The minimum Gasteiger partial charge on any atom is -0.506 e. The summed E-state index contributed by atoms with van der Waals surface area (Å²) in [5.41, 5.74) is 0.734. The van der Waals surface area contributed by atoms with E-state index in [1.165, 1.54) is 18.4 Å². The Balaban J connectivity index is 1.60. The van der Waals surface area contributed by atoms with Gasteiger partial charge in [0.2, 0.25) is 10.0 Å². The van der Waals surface area contributed by atoms with Crippen LogP contribution in [0.3, 0.4) is 0 Å². The molecule has 1 aliphatic heterocycles. The molecule has 11 heteroatoms. The highest BCUT2D eigenvalue weighted by atomic mass is 32.2. The van der Waals surface area contributed by atoms with Crippen LogP contribution in [0.15, 0.2) is 18.2 Å². The van der Waals surface area contributed by atoms with Crippen molar-refractivity contribution in [2.24, 2.45) is 5.41 Å². The maximum absolute atomic E-state index is 12.0. The van der Waals surface area contributed by atoms with Crippen molar-refractivity contribution in [3.8, 4) is 5.75 Å². The van der Waals surface area contributed by atoms with Gasteiger partial charge < -0.3 is 5.11 Å². The van der Waals surface area contributed by atoms with Gasteiger partial charge in [-0.25, -0.2) is 22.2 Å². The fourth-order valence-corrected chi connectivity index (χ4v) is 6.79. The van der Waals surface area contributed by atoms with Crippen LogP contribution in [-0.4, -0.2) is 46.7 Å². The maximum Gasteiger partial charge on any atom is 0.326 e. The van der Waals surface area contributed by atoms with Crippen molar-refractivity contribution in [1.82, 2.24) is 9.44 Å². The number of carbonyl (C=O) groups excluding carboxylic acids is 1. The maximum atomic E-state index is 12.0. The smallest absolute Gasteiger partial charge is 0.326 e. The molecule has 0 bridgehead atoms. The van der Waals surface area contributed by atoms with Gasteiger partial charge in [0.25, 0.3) is 5.91 Å². The molecule has 154 valence electrons. The van der Waals surface area contributed by atoms with E-state index in [1.54, 1.807) is 6.07 Å². The molecule has 1 unspecified atom stereocenters. The SMILES string of the molecule is CS(=O)(=O)N[C@@H]1CCCCC12C[C@@H]2c1ccc(N2CC(=O)NS2(=O)=O)c(O)c1. The molecule has 9 nitrogen and oxygen atoms in total. The number of rotatable bonds is 4. The lowest BCUT2D eigenvalue weighted by atomic mass is 9.79. The number of nitrogens with one attached hydrogen (secondary N) is 2. The minimum absolute atomic E-state index is 0.0475. The van der Waals surface area contributed by atoms with Crippen molar-refractivity contribution in [2.75, 3.05) is 17.1 Å². The second kappa shape index (κ2) is 6.33. The predicted octanol–water partition coefficient (Wildman–Crippen LogP) is 0.539. The molecule has 3 fully saturated rings. The van der Waals surface area contributed by atoms with Crippen LogP contribution in [0.5, 0.6) is 5.75 Å². The van der Waals surface area contributed by atoms with E-state index < -0.39 is 26.1 Å². The van der Waals surface area contributed by atoms with Crippen molar-refractivity contribution in [3.05, 3.63) is 23.8 Å². The third kappa shape index (κ3) is 3.35. The van der Waals surface area contributed by atoms with E-state index in [9.17, 15) is 26.7 Å². The summed E-state index contributed by atoms with van der Waals surface area (Å²) in [6.45, 7) is -0.372. The zero-order chi connectivity index (χ0) is 20.3. The van der Waals surface area contributed by atoms with E-state index in [0.29, 0.717) is 0 Å². The summed E-state index contributed by atoms with van der Waals surface area (Å²) in [6.07, 6.45) is 5.68. The van der Waals surface area contributed by atoms with Crippen LogP contribution >= 0.6 is 0 Å². The lowest BCUT2D eigenvalue weighted by Gasteiger charge is -2.33. The Hall–Kier alpha value is -1.85. The van der Waals surface area contributed by atoms with E-state index in [2.05, 4.69) is 4.72 Å². The van der Waals surface area contributed by atoms with Gasteiger partial charge in [0.1, 0.15) is 12.3 Å². The van der Waals surface area contributed by atoms with Gasteiger partial charge in [-0.2, -0.15) is 8.42 Å². The first-order chi connectivity index (χ1) is 13.0. The number of amides is 1. The lowest BCUT2D eigenvalue weighted by Crippen LogP contribution is -2.43. The van der Waals surface area contributed by atoms with Crippen LogP contribution < -0.4 is 13.7 Å². The quantitative estimate of drug-likeness (QED) is 0.640. The second-order valence-electron chi connectivity index (χ2n) is 7.96. The first-order valence-electron chi connectivity index (χ1n) is 9.15. The fourth-order valence-electron chi connectivity index (χ4n) is 4.76. The van der Waals surface area contributed by atoms with Gasteiger partial charge in [0.15, 0.2) is 0 Å². The minimum atomic E-state index is -3.99. The number of benzene rings is 1. The van der Waals surface area contributed by atoms with Crippen molar-refractivity contribution < 1.29 is 26.7 Å². The molecule has 3 N–H and O–H groups in total. The molecular formula is C17H23N3O6S2. The highest BCUT2D eigenvalue weighted by molar-refractivity contribution is 7.92. The monoisotopic (exact) mass is 429 g/mol. The van der Waals surface area contributed by atoms with Gasteiger partial charge in [-0.1, -0.05) is 18.9 Å². The fraction of sp³-hybridized carbons (Fsp3) is 0.588. The highest BCUT2D eigenvalue weighted by Crippen LogP contribution is 2.66. The Kier molecular flexibility index (Phi) is 4.40. The number of anilines is 1. The van der Waals surface area contributed by atoms with Gasteiger partial charge in [0.05, 0.1) is 11.9 Å². The van der Waals surface area contributed by atoms with Gasteiger partial charge >= 0.3 is 10.2 Å². The van der Waals surface area contributed by atoms with Crippen molar-refractivity contribution in [1.29, 1.82) is 0 Å². The molecule has 0 radical (unpaired) electrons. The zero-order valence-corrected chi connectivity index (χ0v) is 17.0. The molecule has 3 atom stereocenters. The first kappa shape index (κ1) is 19.5. The van der Waals surface area contributed by atoms with Gasteiger partial charge in [-0.3, -0.25) is 4.79 Å². The number of aromatic hydroxyl groups is 1. The largest absolute Gasteiger partial charge is 0.506 e. The van der Waals surface area contributed by atoms with Gasteiger partial charge in [-0.05, 0) is 48.3 Å². The van der Waals surface area contributed by atoms with Crippen molar-refractivity contribution in [3.63, 3.8) is 0 Å². The number of hydrogen-bond donors (Lipinski definition) is 3. The molecule has 1 heterocycles. The summed E-state index contributed by atoms with van der Waals surface area (Å²) in [7, 11) is -7.30. The lowest BCUT2D eigenvalue weighted by molar-refractivity contribution is -0.117. The Morgan fingerprint density at radius 3 is 2.68 bits per heavy atom. The Bertz CT molecular complexity index is 1040. The van der Waals surface area contributed by atoms with Crippen LogP contribution in [0.2, 0.25) is 0 Å². The average molecular weight is 430 g/mol. The third-order valence-electron chi connectivity index (χ3n) is 6.04. The number of hydrogen-bond acceptors (Lipinski definition) is 6. The molecule has 3 aliphatic rings. The second-order valence-corrected chi connectivity index (χ2v) is 11.3. The van der Waals surface area contributed by atoms with E-state index >= 15 is 0 Å².